The molecule has 3 fully saturated rings. The standard InChI is InChI=1S/C28H38N4O5/c1-4-17-30-22(29)21(23(33)31(18-5-2)26(30)36)32(19-20-9-7-6-8-10-20)24(34)27-11-14-28(15-12-27,16-13-27)25(35)37-3/h6-10H,4-5,11-19,29H2,1-3H3. The Morgan fingerprint density at radius 2 is 1.46 bits per heavy atom. The molecule has 200 valence electrons. The Kier molecular flexibility index (Phi) is 7.62. The Morgan fingerprint density at radius 1 is 0.919 bits per heavy atom. The van der Waals surface area contributed by atoms with Crippen LogP contribution in [0.2, 0.25) is 0 Å². The van der Waals surface area contributed by atoms with Crippen LogP contribution in [0.1, 0.15) is 70.8 Å². The number of methoxy groups -OCH3 is 1. The van der Waals surface area contributed by atoms with E-state index in [1.165, 1.54) is 21.1 Å². The highest BCUT2D eigenvalue weighted by molar-refractivity contribution is 6.00. The van der Waals surface area contributed by atoms with Gasteiger partial charge in [-0.05, 0) is 56.9 Å². The van der Waals surface area contributed by atoms with Crippen molar-refractivity contribution >= 4 is 23.4 Å². The van der Waals surface area contributed by atoms with Crippen LogP contribution in [0, 0.1) is 10.8 Å². The van der Waals surface area contributed by atoms with Crippen molar-refractivity contribution in [2.75, 3.05) is 17.7 Å². The molecular formula is C28H38N4O5. The first-order chi connectivity index (χ1) is 17.7. The molecule has 1 heterocycles. The summed E-state index contributed by atoms with van der Waals surface area (Å²) in [5.41, 5.74) is 5.26. The fourth-order valence-corrected chi connectivity index (χ4v) is 6.15. The van der Waals surface area contributed by atoms with Crippen molar-refractivity contribution in [1.82, 2.24) is 9.13 Å². The fraction of sp³-hybridized carbons (Fsp3) is 0.571. The summed E-state index contributed by atoms with van der Waals surface area (Å²) in [6.07, 6.45) is 4.62. The van der Waals surface area contributed by atoms with E-state index in [1.54, 1.807) is 0 Å². The van der Waals surface area contributed by atoms with Gasteiger partial charge < -0.3 is 10.5 Å². The zero-order valence-corrected chi connectivity index (χ0v) is 22.1. The van der Waals surface area contributed by atoms with E-state index in [4.69, 9.17) is 10.5 Å². The van der Waals surface area contributed by atoms with E-state index in [2.05, 4.69) is 0 Å². The molecular weight excluding hydrogens is 472 g/mol. The Hall–Kier alpha value is -3.36. The zero-order chi connectivity index (χ0) is 26.8. The third-order valence-electron chi connectivity index (χ3n) is 8.35. The molecule has 0 saturated heterocycles. The molecule has 3 aliphatic carbocycles. The highest BCUT2D eigenvalue weighted by Gasteiger charge is 2.57. The van der Waals surface area contributed by atoms with E-state index in [9.17, 15) is 19.2 Å². The van der Waals surface area contributed by atoms with Crippen LogP contribution in [0.3, 0.4) is 0 Å². The van der Waals surface area contributed by atoms with Gasteiger partial charge in [-0.3, -0.25) is 28.4 Å². The molecule has 3 saturated carbocycles. The van der Waals surface area contributed by atoms with Crippen LogP contribution in [0.25, 0.3) is 0 Å². The number of amides is 1. The molecule has 1 aromatic carbocycles. The summed E-state index contributed by atoms with van der Waals surface area (Å²) in [7, 11) is 1.41. The van der Waals surface area contributed by atoms with E-state index >= 15 is 0 Å². The van der Waals surface area contributed by atoms with Crippen molar-refractivity contribution in [2.24, 2.45) is 10.8 Å². The molecule has 9 nitrogen and oxygen atoms in total. The molecule has 3 aliphatic rings. The Labute approximate surface area is 217 Å². The lowest BCUT2D eigenvalue weighted by atomic mass is 9.53. The number of aromatic nitrogens is 2. The quantitative estimate of drug-likeness (QED) is 0.517. The largest absolute Gasteiger partial charge is 0.469 e. The molecule has 2 bridgehead atoms. The SMILES string of the molecule is CCCn1c(N)c(N(Cc2ccccc2)C(=O)C23CCC(C(=O)OC)(CC2)CC3)c(=O)n(CCC)c1=O. The van der Waals surface area contributed by atoms with Gasteiger partial charge in [0, 0.05) is 18.5 Å². The van der Waals surface area contributed by atoms with Gasteiger partial charge in [0.15, 0.2) is 5.69 Å². The average molecular weight is 511 g/mol. The number of nitrogens with two attached hydrogens (primary N) is 1. The smallest absolute Gasteiger partial charge is 0.332 e. The topological polar surface area (TPSA) is 117 Å². The minimum Gasteiger partial charge on any atom is -0.469 e. The van der Waals surface area contributed by atoms with Crippen molar-refractivity contribution in [3.05, 3.63) is 56.7 Å². The fourth-order valence-electron chi connectivity index (χ4n) is 6.15. The highest BCUT2D eigenvalue weighted by Crippen LogP contribution is 2.58. The number of nitrogens with zero attached hydrogens (tertiary/aromatic N) is 3. The number of benzene rings is 1. The number of ether oxygens (including phenoxy) is 1. The van der Waals surface area contributed by atoms with Gasteiger partial charge in [0.1, 0.15) is 5.82 Å². The molecule has 37 heavy (non-hydrogen) atoms. The van der Waals surface area contributed by atoms with Crippen LogP contribution in [0.4, 0.5) is 11.5 Å². The third-order valence-corrected chi connectivity index (χ3v) is 8.35. The summed E-state index contributed by atoms with van der Waals surface area (Å²) in [5, 5.41) is 0. The number of anilines is 2. The molecule has 0 spiro atoms. The summed E-state index contributed by atoms with van der Waals surface area (Å²) in [5.74, 6) is -0.337. The van der Waals surface area contributed by atoms with Gasteiger partial charge in [0.05, 0.1) is 19.1 Å². The number of rotatable bonds is 9. The molecule has 0 unspecified atom stereocenters. The number of hydrogen-bond donors (Lipinski definition) is 1. The van der Waals surface area contributed by atoms with Crippen molar-refractivity contribution < 1.29 is 14.3 Å². The molecule has 5 rings (SSSR count). The molecule has 2 N–H and O–H groups in total. The van der Waals surface area contributed by atoms with Crippen molar-refractivity contribution in [1.29, 1.82) is 0 Å². The minimum atomic E-state index is -0.690. The molecule has 1 aromatic heterocycles. The van der Waals surface area contributed by atoms with Crippen LogP contribution in [-0.2, 0) is 34.0 Å². The Bertz CT molecular complexity index is 1260. The van der Waals surface area contributed by atoms with Gasteiger partial charge in [0.2, 0.25) is 5.91 Å². The van der Waals surface area contributed by atoms with Crippen molar-refractivity contribution in [2.45, 2.75) is 84.8 Å². The van der Waals surface area contributed by atoms with E-state index in [0.717, 1.165) is 5.56 Å². The summed E-state index contributed by atoms with van der Waals surface area (Å²) >= 11 is 0. The second kappa shape index (κ2) is 10.6. The van der Waals surface area contributed by atoms with E-state index in [0.29, 0.717) is 57.9 Å². The zero-order valence-electron chi connectivity index (χ0n) is 22.1. The van der Waals surface area contributed by atoms with Crippen molar-refractivity contribution in [3.63, 3.8) is 0 Å². The minimum absolute atomic E-state index is 0.0282. The van der Waals surface area contributed by atoms with Crippen LogP contribution < -0.4 is 21.9 Å². The number of nitrogen functional groups attached to an aromatic ring is 1. The number of fused-ring (bicyclic) bond motifs is 3. The van der Waals surface area contributed by atoms with Gasteiger partial charge in [0.25, 0.3) is 5.56 Å². The van der Waals surface area contributed by atoms with Crippen LogP contribution >= 0.6 is 0 Å². The van der Waals surface area contributed by atoms with Gasteiger partial charge in [-0.15, -0.1) is 0 Å². The monoisotopic (exact) mass is 510 g/mol. The predicted molar refractivity (Wildman–Crippen MR) is 142 cm³/mol. The maximum Gasteiger partial charge on any atom is 0.332 e. The molecule has 2 aromatic rings. The Balaban J connectivity index is 1.84. The highest BCUT2D eigenvalue weighted by atomic mass is 16.5. The lowest BCUT2D eigenvalue weighted by molar-refractivity contribution is -0.165. The maximum atomic E-state index is 14.5. The summed E-state index contributed by atoms with van der Waals surface area (Å²) in [6, 6.07) is 9.49. The molecule has 0 radical (unpaired) electrons. The van der Waals surface area contributed by atoms with E-state index in [-0.39, 0.29) is 36.5 Å². The lowest BCUT2D eigenvalue weighted by Crippen LogP contribution is -2.55. The molecule has 0 aliphatic heterocycles. The lowest BCUT2D eigenvalue weighted by Gasteiger charge is -2.51. The average Bonchev–Trinajstić information content (AvgIpc) is 2.93. The maximum absolute atomic E-state index is 14.5. The number of carbonyl (C=O) groups is 2. The normalized spacial score (nSPS) is 22.6. The van der Waals surface area contributed by atoms with Crippen LogP contribution in [0.5, 0.6) is 0 Å². The second-order valence-corrected chi connectivity index (χ2v) is 10.6. The second-order valence-electron chi connectivity index (χ2n) is 10.6. The Morgan fingerprint density at radius 3 is 2.00 bits per heavy atom. The van der Waals surface area contributed by atoms with E-state index < -0.39 is 22.1 Å². The first-order valence-electron chi connectivity index (χ1n) is 13.3. The van der Waals surface area contributed by atoms with Crippen LogP contribution in [0.15, 0.2) is 39.9 Å². The van der Waals surface area contributed by atoms with Gasteiger partial charge in [-0.2, -0.15) is 0 Å². The summed E-state index contributed by atoms with van der Waals surface area (Å²) in [6.45, 7) is 4.59. The van der Waals surface area contributed by atoms with E-state index in [1.807, 2.05) is 44.2 Å². The first kappa shape index (κ1) is 26.7. The van der Waals surface area contributed by atoms with Gasteiger partial charge in [-0.1, -0.05) is 44.2 Å². The molecule has 0 atom stereocenters. The number of hydrogen-bond acceptors (Lipinski definition) is 6. The summed E-state index contributed by atoms with van der Waals surface area (Å²) in [4.78, 5) is 55.4. The molecule has 9 heteroatoms. The van der Waals surface area contributed by atoms with Crippen LogP contribution in [-0.4, -0.2) is 28.1 Å². The first-order valence-corrected chi connectivity index (χ1v) is 13.3. The number of esters is 1. The third kappa shape index (κ3) is 4.60. The summed E-state index contributed by atoms with van der Waals surface area (Å²) < 4.78 is 7.70. The van der Waals surface area contributed by atoms with Crippen molar-refractivity contribution in [3.8, 4) is 0 Å². The van der Waals surface area contributed by atoms with Gasteiger partial charge in [-0.25, -0.2) is 4.79 Å². The molecule has 1 amide bonds. The number of carbonyl (C=O) groups excluding carboxylic acids is 2. The predicted octanol–water partition coefficient (Wildman–Crippen LogP) is 3.46. The van der Waals surface area contributed by atoms with Gasteiger partial charge >= 0.3 is 11.7 Å².